The Morgan fingerprint density at radius 3 is 2.74 bits per heavy atom. The number of aromatic nitrogens is 3. The molecule has 0 radical (unpaired) electrons. The minimum Gasteiger partial charge on any atom is -0.379 e. The Kier molecular flexibility index (Phi) is 6.27. The number of nitrogens with zero attached hydrogens (tertiary/aromatic N) is 3. The van der Waals surface area contributed by atoms with Gasteiger partial charge in [-0.15, -0.1) is 0 Å². The Hall–Kier alpha value is -2.49. The van der Waals surface area contributed by atoms with E-state index in [2.05, 4.69) is 15.0 Å². The molecule has 1 aliphatic rings. The molecule has 0 spiro atoms. The quantitative estimate of drug-likeness (QED) is 0.536. The van der Waals surface area contributed by atoms with Crippen molar-refractivity contribution in [3.63, 3.8) is 0 Å². The van der Waals surface area contributed by atoms with E-state index in [0.717, 1.165) is 67.1 Å². The van der Waals surface area contributed by atoms with Crippen molar-refractivity contribution in [1.29, 1.82) is 0 Å². The molecule has 2 aromatic heterocycles. The van der Waals surface area contributed by atoms with E-state index >= 15 is 0 Å². The predicted molar refractivity (Wildman–Crippen MR) is 120 cm³/mol. The van der Waals surface area contributed by atoms with Crippen molar-refractivity contribution in [2.75, 3.05) is 39.1 Å². The van der Waals surface area contributed by atoms with Crippen molar-refractivity contribution >= 4 is 26.5 Å². The molecule has 1 aromatic carbocycles. The van der Waals surface area contributed by atoms with Crippen molar-refractivity contribution in [2.45, 2.75) is 18.6 Å². The van der Waals surface area contributed by atoms with Crippen LogP contribution >= 0.6 is 0 Å². The summed E-state index contributed by atoms with van der Waals surface area (Å²) in [5.74, 6) is 0.0175. The van der Waals surface area contributed by atoms with Gasteiger partial charge >= 0.3 is 0 Å². The largest absolute Gasteiger partial charge is 0.379 e. The summed E-state index contributed by atoms with van der Waals surface area (Å²) in [5.41, 5.74) is 3.66. The number of H-pyrrole nitrogens is 1. The van der Waals surface area contributed by atoms with Crippen molar-refractivity contribution in [3.8, 4) is 11.4 Å². The average Bonchev–Trinajstić information content (AvgIpc) is 3.32. The fourth-order valence-electron chi connectivity index (χ4n) is 4.04. The molecule has 9 heteroatoms. The Bertz CT molecular complexity index is 1190. The number of ketones is 1. The number of carbonyl (C=O) groups excluding carboxylic acids is 1. The number of benzene rings is 1. The maximum Gasteiger partial charge on any atom is 0.183 e. The summed E-state index contributed by atoms with van der Waals surface area (Å²) in [6.07, 6.45) is 2.49. The van der Waals surface area contributed by atoms with Gasteiger partial charge in [0.2, 0.25) is 0 Å². The SMILES string of the molecule is Cn1nc(C(=O)CCCN2CCOCC2)cc1-c1cc2c(CS(C)(=O)=O)cccc2[nH]1. The molecule has 1 saturated heterocycles. The lowest BCUT2D eigenvalue weighted by Gasteiger charge is -2.26. The maximum absolute atomic E-state index is 12.7. The highest BCUT2D eigenvalue weighted by Gasteiger charge is 2.18. The summed E-state index contributed by atoms with van der Waals surface area (Å²) in [5, 5.41) is 5.29. The number of aromatic amines is 1. The van der Waals surface area contributed by atoms with Gasteiger partial charge in [-0.2, -0.15) is 5.10 Å². The van der Waals surface area contributed by atoms with Gasteiger partial charge in [-0.05, 0) is 36.7 Å². The maximum atomic E-state index is 12.7. The number of fused-ring (bicyclic) bond motifs is 1. The van der Waals surface area contributed by atoms with Crippen LogP contribution < -0.4 is 0 Å². The standard InChI is InChI=1S/C22H28N4O4S/c1-25-21(14-20(24-25)22(27)7-4-8-26-9-11-30-12-10-26)19-13-17-16(15-31(2,28)29)5-3-6-18(17)23-19/h3,5-6,13-14,23H,4,7-12,15H2,1-2H3. The summed E-state index contributed by atoms with van der Waals surface area (Å²) in [6.45, 7) is 4.25. The number of rotatable bonds is 8. The van der Waals surface area contributed by atoms with E-state index < -0.39 is 9.84 Å². The normalized spacial score (nSPS) is 15.5. The number of Topliss-reactive ketones (excluding diaryl/α,β-unsaturated/α-hetero) is 1. The fraction of sp³-hybridized carbons (Fsp3) is 0.455. The van der Waals surface area contributed by atoms with Gasteiger partial charge in [0.15, 0.2) is 15.6 Å². The van der Waals surface area contributed by atoms with Gasteiger partial charge < -0.3 is 9.72 Å². The van der Waals surface area contributed by atoms with E-state index in [0.29, 0.717) is 12.1 Å². The zero-order valence-electron chi connectivity index (χ0n) is 17.9. The number of ether oxygens (including phenoxy) is 1. The molecular weight excluding hydrogens is 416 g/mol. The van der Waals surface area contributed by atoms with E-state index in [1.54, 1.807) is 10.7 Å². The Morgan fingerprint density at radius 1 is 1.23 bits per heavy atom. The van der Waals surface area contributed by atoms with Crippen molar-refractivity contribution < 1.29 is 17.9 Å². The number of carbonyl (C=O) groups is 1. The van der Waals surface area contributed by atoms with Crippen molar-refractivity contribution in [2.24, 2.45) is 7.05 Å². The van der Waals surface area contributed by atoms with Crippen LogP contribution in [0.2, 0.25) is 0 Å². The molecule has 0 atom stereocenters. The van der Waals surface area contributed by atoms with E-state index in [9.17, 15) is 13.2 Å². The molecule has 0 amide bonds. The zero-order chi connectivity index (χ0) is 22.0. The molecule has 4 rings (SSSR count). The highest BCUT2D eigenvalue weighted by Crippen LogP contribution is 2.28. The molecule has 0 saturated carbocycles. The van der Waals surface area contributed by atoms with Gasteiger partial charge in [0.05, 0.1) is 30.4 Å². The van der Waals surface area contributed by atoms with Crippen molar-refractivity contribution in [1.82, 2.24) is 19.7 Å². The number of aryl methyl sites for hydroxylation is 1. The molecular formula is C22H28N4O4S. The lowest BCUT2D eigenvalue weighted by atomic mass is 10.1. The summed E-state index contributed by atoms with van der Waals surface area (Å²) < 4.78 is 30.6. The Labute approximate surface area is 182 Å². The van der Waals surface area contributed by atoms with Crippen LogP contribution in [0.15, 0.2) is 30.3 Å². The minimum atomic E-state index is -3.14. The molecule has 166 valence electrons. The number of morpholine rings is 1. The summed E-state index contributed by atoms with van der Waals surface area (Å²) >= 11 is 0. The van der Waals surface area contributed by atoms with Crippen LogP contribution in [0.25, 0.3) is 22.3 Å². The molecule has 3 heterocycles. The number of nitrogens with one attached hydrogen (secondary N) is 1. The monoisotopic (exact) mass is 444 g/mol. The third-order valence-corrected chi connectivity index (χ3v) is 6.43. The Balaban J connectivity index is 1.50. The van der Waals surface area contributed by atoms with E-state index in [4.69, 9.17) is 4.74 Å². The van der Waals surface area contributed by atoms with E-state index in [1.807, 2.05) is 31.3 Å². The second-order valence-electron chi connectivity index (χ2n) is 8.15. The highest BCUT2D eigenvalue weighted by atomic mass is 32.2. The molecule has 1 fully saturated rings. The first-order chi connectivity index (χ1) is 14.8. The first kappa shape index (κ1) is 21.7. The van der Waals surface area contributed by atoms with Gasteiger partial charge in [-0.1, -0.05) is 12.1 Å². The van der Waals surface area contributed by atoms with E-state index in [1.165, 1.54) is 6.26 Å². The molecule has 8 nitrogen and oxygen atoms in total. The van der Waals surface area contributed by atoms with Crippen LogP contribution in [0.1, 0.15) is 28.9 Å². The van der Waals surface area contributed by atoms with E-state index in [-0.39, 0.29) is 11.5 Å². The molecule has 3 aromatic rings. The summed E-state index contributed by atoms with van der Waals surface area (Å²) in [4.78, 5) is 18.3. The molecule has 31 heavy (non-hydrogen) atoms. The second-order valence-corrected chi connectivity index (χ2v) is 10.3. The predicted octanol–water partition coefficient (Wildman–Crippen LogP) is 2.41. The van der Waals surface area contributed by atoms with Gasteiger partial charge in [-0.25, -0.2) is 8.42 Å². The Morgan fingerprint density at radius 2 is 2.00 bits per heavy atom. The third-order valence-electron chi connectivity index (χ3n) is 5.60. The first-order valence-corrected chi connectivity index (χ1v) is 12.5. The van der Waals surface area contributed by atoms with Crippen LogP contribution in [0.5, 0.6) is 0 Å². The second kappa shape index (κ2) is 8.94. The zero-order valence-corrected chi connectivity index (χ0v) is 18.7. The number of hydrogen-bond acceptors (Lipinski definition) is 6. The molecule has 0 bridgehead atoms. The summed E-state index contributed by atoms with van der Waals surface area (Å²) in [7, 11) is -1.33. The topological polar surface area (TPSA) is 97.3 Å². The van der Waals surface area contributed by atoms with Crippen LogP contribution in [0.4, 0.5) is 0 Å². The van der Waals surface area contributed by atoms with Crippen LogP contribution in [0.3, 0.4) is 0 Å². The minimum absolute atomic E-state index is 0.0140. The van der Waals surface area contributed by atoms with Crippen LogP contribution in [-0.4, -0.2) is 73.0 Å². The lowest BCUT2D eigenvalue weighted by molar-refractivity contribution is 0.0371. The lowest BCUT2D eigenvalue weighted by Crippen LogP contribution is -2.36. The van der Waals surface area contributed by atoms with Crippen LogP contribution in [-0.2, 0) is 27.4 Å². The molecule has 0 aliphatic carbocycles. The average molecular weight is 445 g/mol. The van der Waals surface area contributed by atoms with Crippen LogP contribution in [0, 0.1) is 0 Å². The molecule has 0 unspecified atom stereocenters. The molecule has 1 N–H and O–H groups in total. The van der Waals surface area contributed by atoms with Crippen molar-refractivity contribution in [3.05, 3.63) is 41.6 Å². The van der Waals surface area contributed by atoms with Gasteiger partial charge in [0.25, 0.3) is 0 Å². The summed E-state index contributed by atoms with van der Waals surface area (Å²) in [6, 6.07) is 9.32. The van der Waals surface area contributed by atoms with Gasteiger partial charge in [0, 0.05) is 43.7 Å². The smallest absolute Gasteiger partial charge is 0.183 e. The van der Waals surface area contributed by atoms with Gasteiger partial charge in [-0.3, -0.25) is 14.4 Å². The van der Waals surface area contributed by atoms with Gasteiger partial charge in [0.1, 0.15) is 5.69 Å². The first-order valence-electron chi connectivity index (χ1n) is 10.5. The highest BCUT2D eigenvalue weighted by molar-refractivity contribution is 7.89. The fourth-order valence-corrected chi connectivity index (χ4v) is 4.85. The molecule has 1 aliphatic heterocycles. The number of hydrogen-bond donors (Lipinski definition) is 1. The number of sulfone groups is 1. The third kappa shape index (κ3) is 5.23.